The predicted octanol–water partition coefficient (Wildman–Crippen LogP) is 1.26. The van der Waals surface area contributed by atoms with Gasteiger partial charge in [0, 0.05) is 19.6 Å². The maximum absolute atomic E-state index is 11.7. The first-order chi connectivity index (χ1) is 9.56. The second-order valence-electron chi connectivity index (χ2n) is 5.36. The van der Waals surface area contributed by atoms with Crippen molar-refractivity contribution >= 4 is 18.3 Å². The van der Waals surface area contributed by atoms with Crippen molar-refractivity contribution in [2.24, 2.45) is 5.92 Å². The summed E-state index contributed by atoms with van der Waals surface area (Å²) in [5.41, 5.74) is 0.746. The number of benzene rings is 1. The van der Waals surface area contributed by atoms with Crippen LogP contribution in [0.5, 0.6) is 5.75 Å². The van der Waals surface area contributed by atoms with E-state index in [2.05, 4.69) is 10.6 Å². The molecule has 1 aliphatic rings. The minimum atomic E-state index is -0.720. The molecule has 2 rings (SSSR count). The van der Waals surface area contributed by atoms with Crippen LogP contribution < -0.4 is 15.4 Å². The summed E-state index contributed by atoms with van der Waals surface area (Å²) in [5.74, 6) is 0.765. The van der Waals surface area contributed by atoms with E-state index in [0.29, 0.717) is 0 Å². The van der Waals surface area contributed by atoms with Crippen LogP contribution in [0.25, 0.3) is 0 Å². The molecule has 1 aromatic carbocycles. The Bertz CT molecular complexity index is 464. The van der Waals surface area contributed by atoms with Gasteiger partial charge in [-0.1, -0.05) is 12.1 Å². The third-order valence-corrected chi connectivity index (χ3v) is 3.24. The number of halogens is 1. The molecule has 0 aromatic heterocycles. The topological polar surface area (TPSA) is 70.6 Å². The van der Waals surface area contributed by atoms with Crippen molar-refractivity contribution in [1.29, 1.82) is 0 Å². The first kappa shape index (κ1) is 17.8. The molecule has 1 unspecified atom stereocenters. The Morgan fingerprint density at radius 1 is 1.48 bits per heavy atom. The van der Waals surface area contributed by atoms with Gasteiger partial charge in [-0.05, 0) is 31.5 Å². The molecule has 6 heteroatoms. The Morgan fingerprint density at radius 2 is 2.19 bits per heavy atom. The van der Waals surface area contributed by atoms with Crippen LogP contribution in [0.1, 0.15) is 25.5 Å². The highest BCUT2D eigenvalue weighted by Crippen LogP contribution is 2.20. The first-order valence-electron chi connectivity index (χ1n) is 6.99. The van der Waals surface area contributed by atoms with E-state index in [9.17, 15) is 9.90 Å². The van der Waals surface area contributed by atoms with E-state index in [0.717, 1.165) is 24.4 Å². The summed E-state index contributed by atoms with van der Waals surface area (Å²) in [7, 11) is 0. The number of carbonyl (C=O) groups is 1. The lowest BCUT2D eigenvalue weighted by Crippen LogP contribution is -2.51. The van der Waals surface area contributed by atoms with Crippen LogP contribution in [0.3, 0.4) is 0 Å². The second kappa shape index (κ2) is 8.22. The molecule has 3 N–H and O–H groups in total. The number of nitrogens with one attached hydrogen (secondary N) is 2. The van der Waals surface area contributed by atoms with E-state index in [4.69, 9.17) is 4.74 Å². The SMILES string of the molecule is CC(C)Oc1cccc(C(O)CNC(=O)C2CNC2)c1.Cl. The van der Waals surface area contributed by atoms with Gasteiger partial charge in [-0.25, -0.2) is 0 Å². The zero-order chi connectivity index (χ0) is 14.5. The monoisotopic (exact) mass is 314 g/mol. The maximum Gasteiger partial charge on any atom is 0.225 e. The number of hydrogen-bond donors (Lipinski definition) is 3. The fourth-order valence-corrected chi connectivity index (χ4v) is 2.00. The molecule has 21 heavy (non-hydrogen) atoms. The summed E-state index contributed by atoms with van der Waals surface area (Å²) in [6.45, 7) is 5.58. The quantitative estimate of drug-likeness (QED) is 0.739. The lowest BCUT2D eigenvalue weighted by atomic mass is 10.0. The third kappa shape index (κ3) is 5.19. The lowest BCUT2D eigenvalue weighted by Gasteiger charge is -2.26. The Labute approximate surface area is 131 Å². The van der Waals surface area contributed by atoms with Crippen LogP contribution >= 0.6 is 12.4 Å². The summed E-state index contributed by atoms with van der Waals surface area (Å²) < 4.78 is 5.59. The van der Waals surface area contributed by atoms with Gasteiger partial charge >= 0.3 is 0 Å². The first-order valence-corrected chi connectivity index (χ1v) is 6.99. The Kier molecular flexibility index (Phi) is 6.95. The number of hydrogen-bond acceptors (Lipinski definition) is 4. The third-order valence-electron chi connectivity index (χ3n) is 3.24. The summed E-state index contributed by atoms with van der Waals surface area (Å²) in [6.07, 6.45) is -0.629. The highest BCUT2D eigenvalue weighted by atomic mass is 35.5. The van der Waals surface area contributed by atoms with E-state index in [-0.39, 0.29) is 36.9 Å². The molecule has 5 nitrogen and oxygen atoms in total. The number of ether oxygens (including phenoxy) is 1. The minimum Gasteiger partial charge on any atom is -0.491 e. The Balaban J connectivity index is 0.00000220. The average molecular weight is 315 g/mol. The molecular weight excluding hydrogens is 292 g/mol. The normalized spacial score (nSPS) is 15.8. The second-order valence-corrected chi connectivity index (χ2v) is 5.36. The van der Waals surface area contributed by atoms with Crippen molar-refractivity contribution in [3.8, 4) is 5.75 Å². The van der Waals surface area contributed by atoms with E-state index in [1.54, 1.807) is 0 Å². The Hall–Kier alpha value is -1.30. The van der Waals surface area contributed by atoms with Gasteiger partial charge < -0.3 is 20.5 Å². The van der Waals surface area contributed by atoms with E-state index < -0.39 is 6.10 Å². The van der Waals surface area contributed by atoms with Crippen molar-refractivity contribution in [2.75, 3.05) is 19.6 Å². The van der Waals surface area contributed by atoms with Crippen LogP contribution in [0.4, 0.5) is 0 Å². The molecule has 0 aliphatic carbocycles. The summed E-state index contributed by atoms with van der Waals surface area (Å²) in [6, 6.07) is 7.33. The van der Waals surface area contributed by atoms with Crippen molar-refractivity contribution in [3.63, 3.8) is 0 Å². The fourth-order valence-electron chi connectivity index (χ4n) is 2.00. The van der Waals surface area contributed by atoms with Crippen LogP contribution in [0.15, 0.2) is 24.3 Å². The number of amides is 1. The smallest absolute Gasteiger partial charge is 0.225 e. The predicted molar refractivity (Wildman–Crippen MR) is 83.8 cm³/mol. The van der Waals surface area contributed by atoms with Gasteiger partial charge in [-0.2, -0.15) is 0 Å². The highest BCUT2D eigenvalue weighted by molar-refractivity contribution is 5.85. The molecular formula is C15H23ClN2O3. The van der Waals surface area contributed by atoms with Crippen molar-refractivity contribution in [3.05, 3.63) is 29.8 Å². The summed E-state index contributed by atoms with van der Waals surface area (Å²) >= 11 is 0. The molecule has 1 saturated heterocycles. The number of aliphatic hydroxyl groups excluding tert-OH is 1. The molecule has 1 aromatic rings. The van der Waals surface area contributed by atoms with Crippen molar-refractivity contribution in [1.82, 2.24) is 10.6 Å². The molecule has 0 radical (unpaired) electrons. The molecule has 0 bridgehead atoms. The molecule has 1 heterocycles. The molecule has 1 fully saturated rings. The van der Waals surface area contributed by atoms with Crippen LogP contribution in [-0.2, 0) is 4.79 Å². The van der Waals surface area contributed by atoms with Gasteiger partial charge in [0.25, 0.3) is 0 Å². The van der Waals surface area contributed by atoms with E-state index >= 15 is 0 Å². The largest absolute Gasteiger partial charge is 0.491 e. The zero-order valence-electron chi connectivity index (χ0n) is 12.3. The van der Waals surface area contributed by atoms with Gasteiger partial charge in [0.05, 0.1) is 18.1 Å². The average Bonchev–Trinajstić information content (AvgIpc) is 2.33. The highest BCUT2D eigenvalue weighted by Gasteiger charge is 2.25. The molecule has 118 valence electrons. The zero-order valence-corrected chi connectivity index (χ0v) is 13.2. The molecule has 1 aliphatic heterocycles. The lowest BCUT2D eigenvalue weighted by molar-refractivity contribution is -0.126. The molecule has 1 amide bonds. The summed E-state index contributed by atoms with van der Waals surface area (Å²) in [4.78, 5) is 11.7. The maximum atomic E-state index is 11.7. The van der Waals surface area contributed by atoms with Crippen LogP contribution in [-0.4, -0.2) is 36.8 Å². The molecule has 0 saturated carbocycles. The number of rotatable bonds is 6. The number of carbonyl (C=O) groups excluding carboxylic acids is 1. The van der Waals surface area contributed by atoms with E-state index in [1.807, 2.05) is 38.1 Å². The summed E-state index contributed by atoms with van der Waals surface area (Å²) in [5, 5.41) is 15.9. The molecule has 1 atom stereocenters. The fraction of sp³-hybridized carbons (Fsp3) is 0.533. The van der Waals surface area contributed by atoms with E-state index in [1.165, 1.54) is 0 Å². The van der Waals surface area contributed by atoms with Gasteiger partial charge in [0.15, 0.2) is 0 Å². The number of aliphatic hydroxyl groups is 1. The Morgan fingerprint density at radius 3 is 2.76 bits per heavy atom. The molecule has 0 spiro atoms. The van der Waals surface area contributed by atoms with Crippen molar-refractivity contribution < 1.29 is 14.6 Å². The van der Waals surface area contributed by atoms with Crippen LogP contribution in [0.2, 0.25) is 0 Å². The van der Waals surface area contributed by atoms with Crippen molar-refractivity contribution in [2.45, 2.75) is 26.1 Å². The minimum absolute atomic E-state index is 0. The van der Waals surface area contributed by atoms with Gasteiger partial charge in [0.1, 0.15) is 5.75 Å². The standard InChI is InChI=1S/C15H22N2O3.ClH/c1-10(2)20-13-5-3-4-11(6-13)14(18)9-17-15(19)12-7-16-8-12;/h3-6,10,12,14,16,18H,7-9H2,1-2H3,(H,17,19);1H. The van der Waals surface area contributed by atoms with Gasteiger partial charge in [-0.3, -0.25) is 4.79 Å². The van der Waals surface area contributed by atoms with Gasteiger partial charge in [-0.15, -0.1) is 12.4 Å². The van der Waals surface area contributed by atoms with Crippen LogP contribution in [0, 0.1) is 5.92 Å². The van der Waals surface area contributed by atoms with Gasteiger partial charge in [0.2, 0.25) is 5.91 Å².